The van der Waals surface area contributed by atoms with E-state index in [4.69, 9.17) is 25.8 Å². The normalized spacial score (nSPS) is 10.7. The standard InChI is InChI=1S/C22H25ClN2O6/c1-22(2,3)25-21(28)24-19(26)13-31-20(27)15-7-10-17(18(11-15)29-4)30-12-14-5-8-16(23)9-6-14/h5-11H,12-13H2,1-4H3,(H2,24,25,26,28). The number of amides is 3. The summed E-state index contributed by atoms with van der Waals surface area (Å²) >= 11 is 5.87. The van der Waals surface area contributed by atoms with Crippen LogP contribution in [0.3, 0.4) is 0 Å². The molecule has 31 heavy (non-hydrogen) atoms. The van der Waals surface area contributed by atoms with Crippen LogP contribution in [0.4, 0.5) is 4.79 Å². The summed E-state index contributed by atoms with van der Waals surface area (Å²) < 4.78 is 16.0. The quantitative estimate of drug-likeness (QED) is 0.626. The van der Waals surface area contributed by atoms with Crippen molar-refractivity contribution in [3.63, 3.8) is 0 Å². The average Bonchev–Trinajstić information content (AvgIpc) is 2.70. The van der Waals surface area contributed by atoms with E-state index in [2.05, 4.69) is 10.6 Å². The van der Waals surface area contributed by atoms with Gasteiger partial charge in [0.2, 0.25) is 0 Å². The van der Waals surface area contributed by atoms with Crippen LogP contribution in [0, 0.1) is 0 Å². The molecule has 2 rings (SSSR count). The average molecular weight is 449 g/mol. The van der Waals surface area contributed by atoms with E-state index in [0.29, 0.717) is 16.5 Å². The van der Waals surface area contributed by atoms with Crippen LogP contribution in [0.15, 0.2) is 42.5 Å². The first kappa shape index (κ1) is 24.0. The number of esters is 1. The van der Waals surface area contributed by atoms with Crippen LogP contribution in [0.1, 0.15) is 36.7 Å². The maximum Gasteiger partial charge on any atom is 0.338 e. The van der Waals surface area contributed by atoms with Crippen LogP contribution in [0.25, 0.3) is 0 Å². The molecule has 0 atom stereocenters. The fourth-order valence-electron chi connectivity index (χ4n) is 2.40. The Morgan fingerprint density at radius 1 is 1.00 bits per heavy atom. The second-order valence-electron chi connectivity index (χ2n) is 7.61. The van der Waals surface area contributed by atoms with Gasteiger partial charge in [-0.2, -0.15) is 0 Å². The number of halogens is 1. The molecule has 9 heteroatoms. The Balaban J connectivity index is 1.92. The van der Waals surface area contributed by atoms with E-state index in [0.717, 1.165) is 5.56 Å². The van der Waals surface area contributed by atoms with E-state index >= 15 is 0 Å². The number of carbonyl (C=O) groups excluding carboxylic acids is 3. The van der Waals surface area contributed by atoms with Crippen LogP contribution in [-0.4, -0.2) is 37.2 Å². The summed E-state index contributed by atoms with van der Waals surface area (Å²) in [4.78, 5) is 35.7. The Hall–Kier alpha value is -3.26. The van der Waals surface area contributed by atoms with Crippen LogP contribution in [-0.2, 0) is 16.1 Å². The third-order valence-electron chi connectivity index (χ3n) is 3.78. The summed E-state index contributed by atoms with van der Waals surface area (Å²) in [5, 5.41) is 5.29. The number of ether oxygens (including phenoxy) is 3. The zero-order valence-electron chi connectivity index (χ0n) is 17.8. The third-order valence-corrected chi connectivity index (χ3v) is 4.03. The van der Waals surface area contributed by atoms with Gasteiger partial charge in [0.1, 0.15) is 6.61 Å². The molecular weight excluding hydrogens is 424 g/mol. The highest BCUT2D eigenvalue weighted by Gasteiger charge is 2.18. The highest BCUT2D eigenvalue weighted by Crippen LogP contribution is 2.29. The van der Waals surface area contributed by atoms with Crippen molar-refractivity contribution in [2.24, 2.45) is 0 Å². The molecule has 0 aromatic heterocycles. The number of imide groups is 1. The molecule has 0 unspecified atom stereocenters. The molecule has 166 valence electrons. The summed E-state index contributed by atoms with van der Waals surface area (Å²) in [7, 11) is 1.45. The van der Waals surface area contributed by atoms with Gasteiger partial charge in [-0.15, -0.1) is 0 Å². The van der Waals surface area contributed by atoms with E-state index in [1.165, 1.54) is 19.2 Å². The number of rotatable bonds is 7. The lowest BCUT2D eigenvalue weighted by molar-refractivity contribution is -0.123. The Kier molecular flexibility index (Phi) is 8.27. The molecule has 2 aromatic carbocycles. The van der Waals surface area contributed by atoms with Crippen molar-refractivity contribution in [2.75, 3.05) is 13.7 Å². The van der Waals surface area contributed by atoms with Crippen molar-refractivity contribution in [3.8, 4) is 11.5 Å². The molecule has 0 heterocycles. The molecule has 0 aliphatic rings. The van der Waals surface area contributed by atoms with Gasteiger partial charge in [-0.1, -0.05) is 23.7 Å². The van der Waals surface area contributed by atoms with Gasteiger partial charge < -0.3 is 19.5 Å². The smallest absolute Gasteiger partial charge is 0.338 e. The first-order valence-electron chi connectivity index (χ1n) is 9.42. The van der Waals surface area contributed by atoms with Gasteiger partial charge in [0.15, 0.2) is 18.1 Å². The second-order valence-corrected chi connectivity index (χ2v) is 8.05. The zero-order valence-corrected chi connectivity index (χ0v) is 18.5. The van der Waals surface area contributed by atoms with E-state index in [1.807, 2.05) is 12.1 Å². The van der Waals surface area contributed by atoms with E-state index in [9.17, 15) is 14.4 Å². The lowest BCUT2D eigenvalue weighted by atomic mass is 10.1. The molecule has 3 amide bonds. The molecule has 0 saturated heterocycles. The fraction of sp³-hybridized carbons (Fsp3) is 0.318. The summed E-state index contributed by atoms with van der Waals surface area (Å²) in [5.74, 6) is -0.720. The number of methoxy groups -OCH3 is 1. The lowest BCUT2D eigenvalue weighted by Gasteiger charge is -2.20. The largest absolute Gasteiger partial charge is 0.493 e. The molecule has 8 nitrogen and oxygen atoms in total. The lowest BCUT2D eigenvalue weighted by Crippen LogP contribution is -2.49. The molecular formula is C22H25ClN2O6. The van der Waals surface area contributed by atoms with E-state index in [-0.39, 0.29) is 12.2 Å². The van der Waals surface area contributed by atoms with Gasteiger partial charge in [-0.3, -0.25) is 10.1 Å². The van der Waals surface area contributed by atoms with Crippen LogP contribution < -0.4 is 20.1 Å². The highest BCUT2D eigenvalue weighted by atomic mass is 35.5. The first-order valence-corrected chi connectivity index (χ1v) is 9.79. The van der Waals surface area contributed by atoms with E-state index in [1.54, 1.807) is 39.0 Å². The van der Waals surface area contributed by atoms with Gasteiger partial charge in [0, 0.05) is 10.6 Å². The zero-order chi connectivity index (χ0) is 23.0. The molecule has 0 spiro atoms. The Morgan fingerprint density at radius 2 is 1.68 bits per heavy atom. The number of urea groups is 1. The summed E-state index contributed by atoms with van der Waals surface area (Å²) in [6.07, 6.45) is 0. The Morgan fingerprint density at radius 3 is 2.29 bits per heavy atom. The van der Waals surface area contributed by atoms with Gasteiger partial charge in [0.25, 0.3) is 5.91 Å². The number of hydrogen-bond acceptors (Lipinski definition) is 6. The Bertz CT molecular complexity index is 938. The third kappa shape index (κ3) is 8.18. The first-order chi connectivity index (χ1) is 14.6. The minimum atomic E-state index is -0.745. The number of carbonyl (C=O) groups is 3. The molecule has 0 radical (unpaired) electrons. The minimum Gasteiger partial charge on any atom is -0.493 e. The molecule has 0 saturated carbocycles. The van der Waals surface area contributed by atoms with Gasteiger partial charge in [0.05, 0.1) is 12.7 Å². The number of hydrogen-bond donors (Lipinski definition) is 2. The topological polar surface area (TPSA) is 103 Å². The van der Waals surface area contributed by atoms with Gasteiger partial charge >= 0.3 is 12.0 Å². The summed E-state index contributed by atoms with van der Waals surface area (Å²) in [5.41, 5.74) is 0.577. The predicted octanol–water partition coefficient (Wildman–Crippen LogP) is 3.71. The van der Waals surface area contributed by atoms with Crippen LogP contribution in [0.5, 0.6) is 11.5 Å². The van der Waals surface area contributed by atoms with Crippen molar-refractivity contribution in [3.05, 3.63) is 58.6 Å². The maximum absolute atomic E-state index is 12.2. The van der Waals surface area contributed by atoms with Gasteiger partial charge in [-0.05, 0) is 56.7 Å². The van der Waals surface area contributed by atoms with Crippen molar-refractivity contribution in [2.45, 2.75) is 32.9 Å². The van der Waals surface area contributed by atoms with Crippen molar-refractivity contribution >= 4 is 29.5 Å². The molecule has 0 aliphatic heterocycles. The SMILES string of the molecule is COc1cc(C(=O)OCC(=O)NC(=O)NC(C)(C)C)ccc1OCc1ccc(Cl)cc1. The Labute approximate surface area is 185 Å². The van der Waals surface area contributed by atoms with E-state index < -0.39 is 30.1 Å². The highest BCUT2D eigenvalue weighted by molar-refractivity contribution is 6.30. The molecule has 0 bridgehead atoms. The number of nitrogens with one attached hydrogen (secondary N) is 2. The molecule has 2 aromatic rings. The number of benzene rings is 2. The summed E-state index contributed by atoms with van der Waals surface area (Å²) in [6.45, 7) is 5.00. The monoisotopic (exact) mass is 448 g/mol. The molecule has 0 aliphatic carbocycles. The molecule has 0 fully saturated rings. The van der Waals surface area contributed by atoms with Crippen LogP contribution >= 0.6 is 11.6 Å². The van der Waals surface area contributed by atoms with Crippen molar-refractivity contribution < 1.29 is 28.6 Å². The fourth-order valence-corrected chi connectivity index (χ4v) is 2.53. The van der Waals surface area contributed by atoms with Crippen molar-refractivity contribution in [1.82, 2.24) is 10.6 Å². The summed E-state index contributed by atoms with van der Waals surface area (Å²) in [6, 6.07) is 11.1. The van der Waals surface area contributed by atoms with Gasteiger partial charge in [-0.25, -0.2) is 9.59 Å². The molecule has 2 N–H and O–H groups in total. The second kappa shape index (κ2) is 10.7. The predicted molar refractivity (Wildman–Crippen MR) is 115 cm³/mol. The maximum atomic E-state index is 12.2. The van der Waals surface area contributed by atoms with Crippen molar-refractivity contribution in [1.29, 1.82) is 0 Å². The minimum absolute atomic E-state index is 0.169. The van der Waals surface area contributed by atoms with Crippen LogP contribution in [0.2, 0.25) is 5.02 Å².